The molecule has 1 amide bonds. The lowest BCUT2D eigenvalue weighted by Crippen LogP contribution is -2.30. The normalized spacial score (nSPS) is 22.3. The number of nitrogens with one attached hydrogen (secondary N) is 1. The summed E-state index contributed by atoms with van der Waals surface area (Å²) in [6.45, 7) is 4.40. The maximum atomic E-state index is 11.8. The number of aliphatic hydroxyl groups excluding tert-OH is 1. The largest absolute Gasteiger partial charge is 0.387 e. The monoisotopic (exact) mass is 267 g/mol. The Morgan fingerprint density at radius 3 is 2.56 bits per heavy atom. The van der Waals surface area contributed by atoms with E-state index >= 15 is 0 Å². The van der Waals surface area contributed by atoms with E-state index in [1.165, 1.54) is 0 Å². The molecule has 2 N–H and O–H groups in total. The highest BCUT2D eigenvalue weighted by atomic mass is 35.5. The van der Waals surface area contributed by atoms with Crippen LogP contribution >= 0.6 is 11.6 Å². The molecule has 1 aromatic carbocycles. The molecule has 4 heteroatoms. The Labute approximate surface area is 112 Å². The fraction of sp³-hybridized carbons (Fsp3) is 0.500. The minimum Gasteiger partial charge on any atom is -0.387 e. The fourth-order valence-electron chi connectivity index (χ4n) is 2.04. The highest BCUT2D eigenvalue weighted by Crippen LogP contribution is 2.51. The minimum absolute atomic E-state index is 0.0352. The molecule has 2 atom stereocenters. The van der Waals surface area contributed by atoms with Gasteiger partial charge in [-0.1, -0.05) is 37.6 Å². The van der Waals surface area contributed by atoms with Gasteiger partial charge in [0.25, 0.3) is 0 Å². The SMILES string of the molecule is CC1(C)CC1C(=O)NCC(O)c1ccc(Cl)cc1. The first-order valence-electron chi connectivity index (χ1n) is 6.11. The number of amides is 1. The smallest absolute Gasteiger partial charge is 0.223 e. The van der Waals surface area contributed by atoms with Gasteiger partial charge in [-0.25, -0.2) is 0 Å². The first kappa shape index (κ1) is 13.4. The lowest BCUT2D eigenvalue weighted by atomic mass is 10.1. The summed E-state index contributed by atoms with van der Waals surface area (Å²) in [5.74, 6) is 0.128. The molecule has 2 rings (SSSR count). The molecule has 0 bridgehead atoms. The van der Waals surface area contributed by atoms with E-state index in [1.807, 2.05) is 0 Å². The van der Waals surface area contributed by atoms with E-state index in [-0.39, 0.29) is 23.8 Å². The van der Waals surface area contributed by atoms with Crippen LogP contribution in [0.15, 0.2) is 24.3 Å². The summed E-state index contributed by atoms with van der Waals surface area (Å²) in [7, 11) is 0. The van der Waals surface area contributed by atoms with Crippen molar-refractivity contribution < 1.29 is 9.90 Å². The maximum Gasteiger partial charge on any atom is 0.223 e. The van der Waals surface area contributed by atoms with Gasteiger partial charge >= 0.3 is 0 Å². The van der Waals surface area contributed by atoms with Crippen LogP contribution in [-0.2, 0) is 4.79 Å². The van der Waals surface area contributed by atoms with E-state index in [2.05, 4.69) is 19.2 Å². The summed E-state index contributed by atoms with van der Waals surface area (Å²) >= 11 is 5.77. The van der Waals surface area contributed by atoms with Crippen molar-refractivity contribution in [3.05, 3.63) is 34.9 Å². The minimum atomic E-state index is -0.687. The summed E-state index contributed by atoms with van der Waals surface area (Å²) in [4.78, 5) is 11.8. The van der Waals surface area contributed by atoms with Crippen molar-refractivity contribution in [3.8, 4) is 0 Å². The number of benzene rings is 1. The molecular formula is C14H18ClNO2. The standard InChI is InChI=1S/C14H18ClNO2/c1-14(2)7-11(14)13(18)16-8-12(17)9-3-5-10(15)6-4-9/h3-6,11-12,17H,7-8H2,1-2H3,(H,16,18). The van der Waals surface area contributed by atoms with E-state index in [9.17, 15) is 9.90 Å². The molecule has 0 radical (unpaired) electrons. The van der Waals surface area contributed by atoms with Gasteiger partial charge in [-0.05, 0) is 29.5 Å². The van der Waals surface area contributed by atoms with Crippen LogP contribution in [0.5, 0.6) is 0 Å². The summed E-state index contributed by atoms with van der Waals surface area (Å²) in [5.41, 5.74) is 0.879. The number of rotatable bonds is 4. The van der Waals surface area contributed by atoms with Gasteiger partial charge in [0.1, 0.15) is 0 Å². The maximum absolute atomic E-state index is 11.8. The fourth-order valence-corrected chi connectivity index (χ4v) is 2.16. The van der Waals surface area contributed by atoms with Crippen molar-refractivity contribution in [3.63, 3.8) is 0 Å². The van der Waals surface area contributed by atoms with Crippen molar-refractivity contribution in [2.45, 2.75) is 26.4 Å². The lowest BCUT2D eigenvalue weighted by molar-refractivity contribution is -0.123. The van der Waals surface area contributed by atoms with Crippen LogP contribution < -0.4 is 5.32 Å². The number of carbonyl (C=O) groups is 1. The van der Waals surface area contributed by atoms with Gasteiger partial charge in [-0.2, -0.15) is 0 Å². The lowest BCUT2D eigenvalue weighted by Gasteiger charge is -2.13. The van der Waals surface area contributed by atoms with Crippen molar-refractivity contribution >= 4 is 17.5 Å². The van der Waals surface area contributed by atoms with Crippen LogP contribution in [0.4, 0.5) is 0 Å². The molecule has 0 aromatic heterocycles. The molecule has 1 fully saturated rings. The van der Waals surface area contributed by atoms with Gasteiger partial charge in [-0.3, -0.25) is 4.79 Å². The molecule has 98 valence electrons. The van der Waals surface area contributed by atoms with Crippen molar-refractivity contribution in [2.75, 3.05) is 6.54 Å². The third kappa shape index (κ3) is 3.03. The van der Waals surface area contributed by atoms with E-state index in [1.54, 1.807) is 24.3 Å². The zero-order valence-corrected chi connectivity index (χ0v) is 11.4. The van der Waals surface area contributed by atoms with Gasteiger partial charge in [0.2, 0.25) is 5.91 Å². The van der Waals surface area contributed by atoms with Crippen molar-refractivity contribution in [1.29, 1.82) is 0 Å². The Bertz CT molecular complexity index is 442. The third-order valence-electron chi connectivity index (χ3n) is 3.55. The van der Waals surface area contributed by atoms with Crippen LogP contribution in [0.1, 0.15) is 31.9 Å². The predicted molar refractivity (Wildman–Crippen MR) is 71.3 cm³/mol. The average molecular weight is 268 g/mol. The molecular weight excluding hydrogens is 250 g/mol. The molecule has 3 nitrogen and oxygen atoms in total. The topological polar surface area (TPSA) is 49.3 Å². The van der Waals surface area contributed by atoms with Gasteiger partial charge < -0.3 is 10.4 Å². The number of carbonyl (C=O) groups excluding carboxylic acids is 1. The average Bonchev–Trinajstić information content (AvgIpc) is 2.96. The molecule has 0 heterocycles. The summed E-state index contributed by atoms with van der Waals surface area (Å²) < 4.78 is 0. The molecule has 1 aromatic rings. The Hall–Kier alpha value is -1.06. The quantitative estimate of drug-likeness (QED) is 0.881. The second kappa shape index (κ2) is 4.90. The van der Waals surface area contributed by atoms with Crippen LogP contribution in [0.25, 0.3) is 0 Å². The van der Waals surface area contributed by atoms with E-state index in [4.69, 9.17) is 11.6 Å². The first-order valence-corrected chi connectivity index (χ1v) is 6.49. The molecule has 0 spiro atoms. The second-order valence-corrected chi connectivity index (χ2v) is 5.99. The summed E-state index contributed by atoms with van der Waals surface area (Å²) in [6.07, 6.45) is 0.239. The van der Waals surface area contributed by atoms with Crippen LogP contribution in [0.3, 0.4) is 0 Å². The van der Waals surface area contributed by atoms with E-state index in [0.29, 0.717) is 5.02 Å². The second-order valence-electron chi connectivity index (χ2n) is 5.56. The zero-order valence-electron chi connectivity index (χ0n) is 10.6. The molecule has 18 heavy (non-hydrogen) atoms. The molecule has 1 aliphatic carbocycles. The predicted octanol–water partition coefficient (Wildman–Crippen LogP) is 2.54. The number of hydrogen-bond donors (Lipinski definition) is 2. The van der Waals surface area contributed by atoms with Crippen molar-refractivity contribution in [1.82, 2.24) is 5.32 Å². The van der Waals surface area contributed by atoms with Crippen LogP contribution in [0.2, 0.25) is 5.02 Å². The van der Waals surface area contributed by atoms with Gasteiger partial charge in [0.15, 0.2) is 0 Å². The number of halogens is 1. The van der Waals surface area contributed by atoms with Gasteiger partial charge in [0, 0.05) is 17.5 Å². The van der Waals surface area contributed by atoms with Gasteiger partial charge in [-0.15, -0.1) is 0 Å². The van der Waals surface area contributed by atoms with Crippen LogP contribution in [-0.4, -0.2) is 17.6 Å². The van der Waals surface area contributed by atoms with Crippen molar-refractivity contribution in [2.24, 2.45) is 11.3 Å². The Kier molecular flexibility index (Phi) is 3.64. The van der Waals surface area contributed by atoms with E-state index < -0.39 is 6.10 Å². The first-order chi connectivity index (χ1) is 8.40. The molecule has 1 saturated carbocycles. The number of aliphatic hydroxyl groups is 1. The molecule has 0 aliphatic heterocycles. The zero-order chi connectivity index (χ0) is 13.3. The molecule has 0 saturated heterocycles. The Morgan fingerprint density at radius 2 is 2.06 bits per heavy atom. The Balaban J connectivity index is 1.83. The summed E-state index contributed by atoms with van der Waals surface area (Å²) in [5, 5.41) is 13.4. The van der Waals surface area contributed by atoms with E-state index in [0.717, 1.165) is 12.0 Å². The Morgan fingerprint density at radius 1 is 1.50 bits per heavy atom. The number of hydrogen-bond acceptors (Lipinski definition) is 2. The highest BCUT2D eigenvalue weighted by molar-refractivity contribution is 6.30. The van der Waals surface area contributed by atoms with Gasteiger partial charge in [0.05, 0.1) is 6.10 Å². The van der Waals surface area contributed by atoms with Crippen LogP contribution in [0, 0.1) is 11.3 Å². The third-order valence-corrected chi connectivity index (χ3v) is 3.81. The molecule has 1 aliphatic rings. The molecule has 2 unspecified atom stereocenters. The highest BCUT2D eigenvalue weighted by Gasteiger charge is 2.50. The summed E-state index contributed by atoms with van der Waals surface area (Å²) in [6, 6.07) is 6.98.